The van der Waals surface area contributed by atoms with Gasteiger partial charge in [-0.3, -0.25) is 0 Å². The molecule has 4 heteroatoms. The zero-order valence-electron chi connectivity index (χ0n) is 11.5. The third-order valence-corrected chi connectivity index (χ3v) is 3.96. The molecule has 2 aromatic rings. The first-order valence-corrected chi connectivity index (χ1v) is 7.22. The maximum atomic E-state index is 14.0. The molecule has 0 aliphatic rings. The fraction of sp³-hybridized carbons (Fsp3) is 0.250. The van der Waals surface area contributed by atoms with Crippen molar-refractivity contribution in [2.24, 2.45) is 0 Å². The molecule has 106 valence electrons. The molecule has 0 radical (unpaired) electrons. The van der Waals surface area contributed by atoms with E-state index in [0.29, 0.717) is 12.1 Å². The van der Waals surface area contributed by atoms with Crippen molar-refractivity contribution in [1.29, 1.82) is 0 Å². The first-order chi connectivity index (χ1) is 9.63. The van der Waals surface area contributed by atoms with Crippen molar-refractivity contribution < 1.29 is 9.13 Å². The molecule has 0 heterocycles. The van der Waals surface area contributed by atoms with Crippen molar-refractivity contribution in [2.75, 3.05) is 7.11 Å². The van der Waals surface area contributed by atoms with Gasteiger partial charge in [0.2, 0.25) is 0 Å². The van der Waals surface area contributed by atoms with E-state index in [1.165, 1.54) is 7.11 Å². The van der Waals surface area contributed by atoms with Crippen LogP contribution in [0.25, 0.3) is 0 Å². The lowest BCUT2D eigenvalue weighted by Gasteiger charge is -2.16. The third-order valence-electron chi connectivity index (χ3n) is 3.23. The monoisotopic (exact) mass is 337 g/mol. The Labute approximate surface area is 127 Å². The van der Waals surface area contributed by atoms with E-state index in [1.54, 1.807) is 18.2 Å². The molecule has 20 heavy (non-hydrogen) atoms. The van der Waals surface area contributed by atoms with Gasteiger partial charge in [0, 0.05) is 22.6 Å². The van der Waals surface area contributed by atoms with Crippen LogP contribution in [0.5, 0.6) is 5.75 Å². The molecule has 0 unspecified atom stereocenters. The number of hydrogen-bond acceptors (Lipinski definition) is 2. The van der Waals surface area contributed by atoms with E-state index in [4.69, 9.17) is 4.74 Å². The van der Waals surface area contributed by atoms with E-state index in [9.17, 15) is 4.39 Å². The van der Waals surface area contributed by atoms with Gasteiger partial charge in [-0.05, 0) is 24.6 Å². The lowest BCUT2D eigenvalue weighted by atomic mass is 10.1. The highest BCUT2D eigenvalue weighted by Gasteiger charge is 2.11. The van der Waals surface area contributed by atoms with Gasteiger partial charge in [0.25, 0.3) is 0 Å². The van der Waals surface area contributed by atoms with Crippen molar-refractivity contribution in [3.63, 3.8) is 0 Å². The van der Waals surface area contributed by atoms with E-state index in [0.717, 1.165) is 10.0 Å². The lowest BCUT2D eigenvalue weighted by Crippen LogP contribution is -2.19. The molecule has 0 saturated carbocycles. The Balaban J connectivity index is 2.08. The number of ether oxygens (including phenoxy) is 1. The Bertz CT molecular complexity index is 588. The number of rotatable bonds is 5. The fourth-order valence-electron chi connectivity index (χ4n) is 2.05. The Morgan fingerprint density at radius 3 is 2.65 bits per heavy atom. The minimum atomic E-state index is -0.304. The van der Waals surface area contributed by atoms with Gasteiger partial charge in [0.1, 0.15) is 0 Å². The van der Waals surface area contributed by atoms with Gasteiger partial charge >= 0.3 is 0 Å². The minimum Gasteiger partial charge on any atom is -0.494 e. The first kappa shape index (κ1) is 15.0. The van der Waals surface area contributed by atoms with Gasteiger partial charge in [-0.15, -0.1) is 0 Å². The van der Waals surface area contributed by atoms with Crippen LogP contribution in [-0.2, 0) is 6.54 Å². The quantitative estimate of drug-likeness (QED) is 0.870. The van der Waals surface area contributed by atoms with Gasteiger partial charge in [-0.1, -0.05) is 46.3 Å². The number of benzene rings is 2. The molecule has 2 aromatic carbocycles. The Morgan fingerprint density at radius 1 is 1.20 bits per heavy atom. The van der Waals surface area contributed by atoms with E-state index in [-0.39, 0.29) is 17.6 Å². The molecule has 0 saturated heterocycles. The van der Waals surface area contributed by atoms with Crippen LogP contribution in [-0.4, -0.2) is 7.11 Å². The summed E-state index contributed by atoms with van der Waals surface area (Å²) in [4.78, 5) is 0. The number of hydrogen-bond donors (Lipinski definition) is 1. The highest BCUT2D eigenvalue weighted by Crippen LogP contribution is 2.24. The summed E-state index contributed by atoms with van der Waals surface area (Å²) in [5.41, 5.74) is 1.75. The molecule has 0 amide bonds. The SMILES string of the molecule is COc1cccc(CN[C@@H](C)c2ccccc2Br)c1F. The highest BCUT2D eigenvalue weighted by atomic mass is 79.9. The number of nitrogens with one attached hydrogen (secondary N) is 1. The van der Waals surface area contributed by atoms with Crippen molar-refractivity contribution in [3.05, 3.63) is 63.9 Å². The smallest absolute Gasteiger partial charge is 0.169 e. The van der Waals surface area contributed by atoms with Crippen LogP contribution in [0.15, 0.2) is 46.9 Å². The van der Waals surface area contributed by atoms with Crippen molar-refractivity contribution in [1.82, 2.24) is 5.32 Å². The maximum Gasteiger partial charge on any atom is 0.169 e. The van der Waals surface area contributed by atoms with Crippen LogP contribution in [0.1, 0.15) is 24.1 Å². The van der Waals surface area contributed by atoms with Crippen LogP contribution in [0.3, 0.4) is 0 Å². The third kappa shape index (κ3) is 3.38. The van der Waals surface area contributed by atoms with Gasteiger partial charge < -0.3 is 10.1 Å². The first-order valence-electron chi connectivity index (χ1n) is 6.42. The summed E-state index contributed by atoms with van der Waals surface area (Å²) in [7, 11) is 1.47. The summed E-state index contributed by atoms with van der Waals surface area (Å²) in [6.45, 7) is 2.50. The molecule has 1 atom stereocenters. The number of halogens is 2. The van der Waals surface area contributed by atoms with Crippen LogP contribution >= 0.6 is 15.9 Å². The highest BCUT2D eigenvalue weighted by molar-refractivity contribution is 9.10. The second-order valence-electron chi connectivity index (χ2n) is 4.56. The largest absolute Gasteiger partial charge is 0.494 e. The normalized spacial score (nSPS) is 12.2. The van der Waals surface area contributed by atoms with E-state index < -0.39 is 0 Å². The molecule has 0 aromatic heterocycles. The average Bonchev–Trinajstić information content (AvgIpc) is 2.46. The summed E-state index contributed by atoms with van der Waals surface area (Å²) < 4.78 is 20.1. The second kappa shape index (κ2) is 6.86. The van der Waals surface area contributed by atoms with E-state index in [1.807, 2.05) is 24.3 Å². The summed E-state index contributed by atoms with van der Waals surface area (Å²) in [6.07, 6.45) is 0. The molecule has 2 nitrogen and oxygen atoms in total. The Morgan fingerprint density at radius 2 is 1.95 bits per heavy atom. The van der Waals surface area contributed by atoms with E-state index >= 15 is 0 Å². The Hall–Kier alpha value is -1.39. The summed E-state index contributed by atoms with van der Waals surface area (Å²) >= 11 is 3.53. The molecule has 0 aliphatic heterocycles. The van der Waals surface area contributed by atoms with Crippen LogP contribution in [0.4, 0.5) is 4.39 Å². The molecular weight excluding hydrogens is 321 g/mol. The molecule has 2 rings (SSSR count). The molecular formula is C16H17BrFNO. The standard InChI is InChI=1S/C16H17BrFNO/c1-11(13-7-3-4-8-14(13)17)19-10-12-6-5-9-15(20-2)16(12)18/h3-9,11,19H,10H2,1-2H3/t11-/m0/s1. The van der Waals surface area contributed by atoms with Gasteiger partial charge in [-0.2, -0.15) is 0 Å². The van der Waals surface area contributed by atoms with Gasteiger partial charge in [0.15, 0.2) is 11.6 Å². The minimum absolute atomic E-state index is 0.121. The fourth-order valence-corrected chi connectivity index (χ4v) is 2.68. The Kier molecular flexibility index (Phi) is 5.15. The van der Waals surface area contributed by atoms with Gasteiger partial charge in [-0.25, -0.2) is 4.39 Å². The van der Waals surface area contributed by atoms with Crippen LogP contribution in [0.2, 0.25) is 0 Å². The lowest BCUT2D eigenvalue weighted by molar-refractivity contribution is 0.382. The predicted octanol–water partition coefficient (Wildman–Crippen LogP) is 4.45. The summed E-state index contributed by atoms with van der Waals surface area (Å²) in [6, 6.07) is 13.3. The maximum absolute atomic E-state index is 14.0. The molecule has 0 aliphatic carbocycles. The second-order valence-corrected chi connectivity index (χ2v) is 5.41. The van der Waals surface area contributed by atoms with Crippen molar-refractivity contribution >= 4 is 15.9 Å². The summed E-state index contributed by atoms with van der Waals surface area (Å²) in [5, 5.41) is 3.32. The van der Waals surface area contributed by atoms with Crippen LogP contribution < -0.4 is 10.1 Å². The topological polar surface area (TPSA) is 21.3 Å². The average molecular weight is 338 g/mol. The molecule has 0 spiro atoms. The zero-order valence-corrected chi connectivity index (χ0v) is 13.1. The molecule has 0 fully saturated rings. The van der Waals surface area contributed by atoms with Crippen molar-refractivity contribution in [2.45, 2.75) is 19.5 Å². The van der Waals surface area contributed by atoms with Crippen LogP contribution in [0, 0.1) is 5.82 Å². The zero-order chi connectivity index (χ0) is 14.5. The molecule has 1 N–H and O–H groups in total. The van der Waals surface area contributed by atoms with Gasteiger partial charge in [0.05, 0.1) is 7.11 Å². The van der Waals surface area contributed by atoms with Crippen molar-refractivity contribution in [3.8, 4) is 5.75 Å². The molecule has 0 bridgehead atoms. The summed E-state index contributed by atoms with van der Waals surface area (Å²) in [5.74, 6) is -0.0281. The van der Waals surface area contributed by atoms with E-state index in [2.05, 4.69) is 28.2 Å². The predicted molar refractivity (Wildman–Crippen MR) is 82.3 cm³/mol. The number of methoxy groups -OCH3 is 1.